The Morgan fingerprint density at radius 3 is 2.78 bits per heavy atom. The molecule has 0 aliphatic rings. The summed E-state index contributed by atoms with van der Waals surface area (Å²) in [5.41, 5.74) is 0. The Morgan fingerprint density at radius 1 is 1.33 bits per heavy atom. The molecule has 98 valence electrons. The van der Waals surface area contributed by atoms with Crippen LogP contribution in [-0.2, 0) is 4.79 Å². The number of hydrogen-bond acceptors (Lipinski definition) is 1. The fourth-order valence-corrected chi connectivity index (χ4v) is 1.05. The average Bonchev–Trinajstić information content (AvgIpc) is 2.34. The molecule has 0 aliphatic heterocycles. The average molecular weight is 245 g/mol. The van der Waals surface area contributed by atoms with Crippen molar-refractivity contribution in [1.82, 2.24) is 5.32 Å². The van der Waals surface area contributed by atoms with Crippen molar-refractivity contribution in [3.05, 3.63) is 36.5 Å². The van der Waals surface area contributed by atoms with E-state index in [0.29, 0.717) is 12.5 Å². The first-order chi connectivity index (χ1) is 8.66. The second kappa shape index (κ2) is 11.7. The summed E-state index contributed by atoms with van der Waals surface area (Å²) in [6.45, 7) is 6.80. The van der Waals surface area contributed by atoms with E-state index in [1.165, 1.54) is 0 Å². The third kappa shape index (κ3) is 12.3. The second-order valence-electron chi connectivity index (χ2n) is 4.29. The SMILES string of the molecule is C/C=C\C#CCC/C=C/C=C\C(=O)NCC(C)C. The lowest BCUT2D eigenvalue weighted by molar-refractivity contribution is -0.116. The molecule has 0 saturated heterocycles. The molecule has 0 heterocycles. The van der Waals surface area contributed by atoms with Gasteiger partial charge < -0.3 is 5.32 Å². The van der Waals surface area contributed by atoms with Crippen LogP contribution in [0.2, 0.25) is 0 Å². The molecule has 0 rings (SSSR count). The first-order valence-electron chi connectivity index (χ1n) is 6.37. The maximum Gasteiger partial charge on any atom is 0.243 e. The minimum Gasteiger partial charge on any atom is -0.352 e. The number of nitrogens with one attached hydrogen (secondary N) is 1. The molecule has 0 fully saturated rings. The van der Waals surface area contributed by atoms with Crippen molar-refractivity contribution >= 4 is 5.91 Å². The Hall–Kier alpha value is -1.75. The second-order valence-corrected chi connectivity index (χ2v) is 4.29. The Morgan fingerprint density at radius 2 is 2.11 bits per heavy atom. The minimum absolute atomic E-state index is 0.0405. The minimum atomic E-state index is -0.0405. The van der Waals surface area contributed by atoms with E-state index in [-0.39, 0.29) is 5.91 Å². The van der Waals surface area contributed by atoms with Gasteiger partial charge in [-0.05, 0) is 25.3 Å². The van der Waals surface area contributed by atoms with Crippen molar-refractivity contribution in [3.63, 3.8) is 0 Å². The summed E-state index contributed by atoms with van der Waals surface area (Å²) < 4.78 is 0. The van der Waals surface area contributed by atoms with E-state index >= 15 is 0 Å². The van der Waals surface area contributed by atoms with Gasteiger partial charge >= 0.3 is 0 Å². The number of allylic oxidation sites excluding steroid dienone is 5. The molecule has 1 amide bonds. The highest BCUT2D eigenvalue weighted by Crippen LogP contribution is 1.90. The van der Waals surface area contributed by atoms with E-state index in [0.717, 1.165) is 12.8 Å². The van der Waals surface area contributed by atoms with Gasteiger partial charge in [0, 0.05) is 19.0 Å². The molecule has 18 heavy (non-hydrogen) atoms. The van der Waals surface area contributed by atoms with Crippen molar-refractivity contribution < 1.29 is 4.79 Å². The molecular formula is C16H23NO. The van der Waals surface area contributed by atoms with Crippen LogP contribution in [0.4, 0.5) is 0 Å². The number of hydrogen-bond donors (Lipinski definition) is 1. The van der Waals surface area contributed by atoms with Gasteiger partial charge in [-0.15, -0.1) is 0 Å². The summed E-state index contributed by atoms with van der Waals surface area (Å²) in [6, 6.07) is 0. The van der Waals surface area contributed by atoms with Crippen LogP contribution < -0.4 is 5.32 Å². The lowest BCUT2D eigenvalue weighted by atomic mass is 10.2. The zero-order valence-electron chi connectivity index (χ0n) is 11.6. The van der Waals surface area contributed by atoms with Crippen molar-refractivity contribution in [2.45, 2.75) is 33.6 Å². The molecule has 0 spiro atoms. The van der Waals surface area contributed by atoms with Crippen molar-refractivity contribution in [2.75, 3.05) is 6.54 Å². The van der Waals surface area contributed by atoms with Crippen molar-refractivity contribution in [3.8, 4) is 11.8 Å². The summed E-state index contributed by atoms with van der Waals surface area (Å²) in [6.07, 6.45) is 12.7. The largest absolute Gasteiger partial charge is 0.352 e. The van der Waals surface area contributed by atoms with Gasteiger partial charge in [0.1, 0.15) is 0 Å². The van der Waals surface area contributed by atoms with Crippen molar-refractivity contribution in [2.24, 2.45) is 5.92 Å². The number of amides is 1. The van der Waals surface area contributed by atoms with Gasteiger partial charge in [-0.3, -0.25) is 4.79 Å². The van der Waals surface area contributed by atoms with Crippen LogP contribution in [0.15, 0.2) is 36.5 Å². The molecule has 0 radical (unpaired) electrons. The molecule has 0 aromatic rings. The maximum absolute atomic E-state index is 11.3. The summed E-state index contributed by atoms with van der Waals surface area (Å²) in [5.74, 6) is 6.39. The Kier molecular flexibility index (Phi) is 10.6. The summed E-state index contributed by atoms with van der Waals surface area (Å²) >= 11 is 0. The van der Waals surface area contributed by atoms with E-state index < -0.39 is 0 Å². The summed E-state index contributed by atoms with van der Waals surface area (Å²) in [4.78, 5) is 11.3. The number of rotatable bonds is 6. The molecule has 0 aromatic carbocycles. The number of unbranched alkanes of at least 4 members (excludes halogenated alkanes) is 1. The van der Waals surface area contributed by atoms with Crippen LogP contribution in [0.1, 0.15) is 33.6 Å². The van der Waals surface area contributed by atoms with E-state index in [1.54, 1.807) is 12.2 Å². The smallest absolute Gasteiger partial charge is 0.243 e. The monoisotopic (exact) mass is 245 g/mol. The molecule has 0 aliphatic carbocycles. The maximum atomic E-state index is 11.3. The fraction of sp³-hybridized carbons (Fsp3) is 0.438. The fourth-order valence-electron chi connectivity index (χ4n) is 1.05. The zero-order valence-corrected chi connectivity index (χ0v) is 11.6. The molecule has 2 nitrogen and oxygen atoms in total. The summed E-state index contributed by atoms with van der Waals surface area (Å²) in [5, 5.41) is 2.82. The van der Waals surface area contributed by atoms with Crippen LogP contribution in [0, 0.1) is 17.8 Å². The Bertz CT molecular complexity index is 364. The van der Waals surface area contributed by atoms with E-state index in [1.807, 2.05) is 31.2 Å². The van der Waals surface area contributed by atoms with Crippen LogP contribution in [0.25, 0.3) is 0 Å². The predicted molar refractivity (Wildman–Crippen MR) is 78.0 cm³/mol. The lowest BCUT2D eigenvalue weighted by Gasteiger charge is -2.03. The van der Waals surface area contributed by atoms with Crippen LogP contribution in [0.5, 0.6) is 0 Å². The number of carbonyl (C=O) groups is 1. The highest BCUT2D eigenvalue weighted by molar-refractivity contribution is 5.87. The normalized spacial score (nSPS) is 11.3. The predicted octanol–water partition coefficient (Wildman–Crippen LogP) is 3.23. The standard InChI is InChI=1S/C16H23NO/c1-4-5-6-7-8-9-10-11-12-13-16(18)17-14-15(2)3/h4-5,10-13,15H,8-9,14H2,1-3H3,(H,17,18)/b5-4-,11-10+,13-12-. The first-order valence-corrected chi connectivity index (χ1v) is 6.37. The van der Waals surface area contributed by atoms with Gasteiger partial charge in [-0.1, -0.05) is 50.0 Å². The van der Waals surface area contributed by atoms with Gasteiger partial charge in [0.25, 0.3) is 0 Å². The molecular weight excluding hydrogens is 222 g/mol. The first kappa shape index (κ1) is 16.2. The van der Waals surface area contributed by atoms with E-state index in [9.17, 15) is 4.79 Å². The Balaban J connectivity index is 3.69. The zero-order chi connectivity index (χ0) is 13.6. The van der Waals surface area contributed by atoms with Gasteiger partial charge in [0.15, 0.2) is 0 Å². The highest BCUT2D eigenvalue weighted by atomic mass is 16.1. The summed E-state index contributed by atoms with van der Waals surface area (Å²) in [7, 11) is 0. The van der Waals surface area contributed by atoms with Gasteiger partial charge in [-0.25, -0.2) is 0 Å². The number of carbonyl (C=O) groups excluding carboxylic acids is 1. The molecule has 0 saturated carbocycles. The molecule has 1 N–H and O–H groups in total. The molecule has 2 heteroatoms. The molecule has 0 aromatic heterocycles. The molecule has 0 bridgehead atoms. The van der Waals surface area contributed by atoms with E-state index in [2.05, 4.69) is 31.0 Å². The molecule has 0 unspecified atom stereocenters. The molecule has 0 atom stereocenters. The van der Waals surface area contributed by atoms with Crippen LogP contribution >= 0.6 is 0 Å². The quantitative estimate of drug-likeness (QED) is 0.331. The third-order valence-electron chi connectivity index (χ3n) is 1.97. The highest BCUT2D eigenvalue weighted by Gasteiger charge is 1.95. The van der Waals surface area contributed by atoms with Gasteiger partial charge in [-0.2, -0.15) is 0 Å². The van der Waals surface area contributed by atoms with Crippen LogP contribution in [-0.4, -0.2) is 12.5 Å². The lowest BCUT2D eigenvalue weighted by Crippen LogP contribution is -2.25. The van der Waals surface area contributed by atoms with Crippen molar-refractivity contribution in [1.29, 1.82) is 0 Å². The van der Waals surface area contributed by atoms with E-state index in [4.69, 9.17) is 0 Å². The van der Waals surface area contributed by atoms with Gasteiger partial charge in [0.2, 0.25) is 5.91 Å². The topological polar surface area (TPSA) is 29.1 Å². The van der Waals surface area contributed by atoms with Gasteiger partial charge in [0.05, 0.1) is 0 Å². The van der Waals surface area contributed by atoms with Crippen LogP contribution in [0.3, 0.4) is 0 Å². The third-order valence-corrected chi connectivity index (χ3v) is 1.97. The Labute approximate surface area is 111 Å².